The second-order valence-electron chi connectivity index (χ2n) is 10.2. The molecule has 0 fully saturated rings. The van der Waals surface area contributed by atoms with Crippen LogP contribution in [0.3, 0.4) is 0 Å². The highest BCUT2D eigenvalue weighted by Crippen LogP contribution is 2.31. The van der Waals surface area contributed by atoms with Crippen molar-refractivity contribution in [1.29, 1.82) is 0 Å². The Kier molecular flexibility index (Phi) is 9.09. The molecule has 7 nitrogen and oxygen atoms in total. The van der Waals surface area contributed by atoms with Gasteiger partial charge in [0.15, 0.2) is 0 Å². The Bertz CT molecular complexity index is 2020. The molecular weight excluding hydrogens is 601 g/mol. The van der Waals surface area contributed by atoms with E-state index >= 15 is 0 Å². The lowest BCUT2D eigenvalue weighted by Crippen LogP contribution is -2.30. The van der Waals surface area contributed by atoms with Crippen LogP contribution < -0.4 is 16.0 Å². The van der Waals surface area contributed by atoms with Crippen LogP contribution in [0.5, 0.6) is 0 Å². The second kappa shape index (κ2) is 13.7. The first-order valence-electron chi connectivity index (χ1n) is 14.4. The number of aryl methyl sites for hydroxylation is 1. The van der Waals surface area contributed by atoms with Crippen molar-refractivity contribution in [2.45, 2.75) is 18.4 Å². The van der Waals surface area contributed by atoms with Crippen LogP contribution in [0.4, 0.5) is 11.4 Å². The van der Waals surface area contributed by atoms with Crippen LogP contribution in [-0.4, -0.2) is 28.0 Å². The van der Waals surface area contributed by atoms with Gasteiger partial charge >= 0.3 is 0 Å². The molecule has 0 spiro atoms. The Labute approximate surface area is 269 Å². The van der Waals surface area contributed by atoms with Crippen molar-refractivity contribution in [2.75, 3.05) is 16.4 Å². The maximum absolute atomic E-state index is 13.2. The van der Waals surface area contributed by atoms with Crippen molar-refractivity contribution in [3.8, 4) is 0 Å². The number of rotatable bonds is 10. The third-order valence-corrected chi connectivity index (χ3v) is 9.04. The highest BCUT2D eigenvalue weighted by molar-refractivity contribution is 8.00. The summed E-state index contributed by atoms with van der Waals surface area (Å²) in [6.45, 7) is 3.00. The summed E-state index contributed by atoms with van der Waals surface area (Å²) in [7, 11) is 0. The smallest absolute Gasteiger partial charge is 0.272 e. The third kappa shape index (κ3) is 7.01. The Morgan fingerprint density at radius 3 is 2.27 bits per heavy atom. The first-order chi connectivity index (χ1) is 22.0. The molecule has 6 aromatic rings. The normalized spacial score (nSPS) is 11.4. The minimum absolute atomic E-state index is 0.103. The second-order valence-corrected chi connectivity index (χ2v) is 12.2. The minimum atomic E-state index is -0.438. The van der Waals surface area contributed by atoms with Crippen LogP contribution in [0, 0.1) is 0 Å². The van der Waals surface area contributed by atoms with E-state index in [1.807, 2.05) is 60.0 Å². The predicted molar refractivity (Wildman–Crippen MR) is 186 cm³/mol. The molecule has 0 atom stereocenters. The molecule has 0 unspecified atom stereocenters. The number of anilines is 2. The van der Waals surface area contributed by atoms with E-state index in [4.69, 9.17) is 0 Å². The van der Waals surface area contributed by atoms with E-state index in [9.17, 15) is 14.4 Å². The van der Waals surface area contributed by atoms with Crippen LogP contribution in [0.25, 0.3) is 27.9 Å². The number of amides is 3. The molecule has 2 heterocycles. The van der Waals surface area contributed by atoms with Gasteiger partial charge < -0.3 is 20.5 Å². The molecule has 9 heteroatoms. The molecule has 0 radical (unpaired) electrons. The number of benzene rings is 4. The van der Waals surface area contributed by atoms with Gasteiger partial charge in [0.1, 0.15) is 5.70 Å². The average Bonchev–Trinajstić information content (AvgIpc) is 3.70. The molecular formula is C36H30N4O3S2. The number of carbonyl (C=O) groups is 3. The van der Waals surface area contributed by atoms with Crippen molar-refractivity contribution in [3.63, 3.8) is 0 Å². The van der Waals surface area contributed by atoms with Gasteiger partial charge in [-0.05, 0) is 85.1 Å². The number of para-hydroxylation sites is 1. The molecule has 4 aromatic carbocycles. The van der Waals surface area contributed by atoms with Gasteiger partial charge in [0, 0.05) is 55.1 Å². The van der Waals surface area contributed by atoms with Gasteiger partial charge in [0.05, 0.1) is 5.75 Å². The van der Waals surface area contributed by atoms with Gasteiger partial charge in [0.2, 0.25) is 5.91 Å². The van der Waals surface area contributed by atoms with Crippen LogP contribution >= 0.6 is 23.1 Å². The van der Waals surface area contributed by atoms with E-state index in [-0.39, 0.29) is 23.3 Å². The average molecular weight is 631 g/mol. The molecule has 0 bridgehead atoms. The molecule has 0 aliphatic heterocycles. The summed E-state index contributed by atoms with van der Waals surface area (Å²) in [4.78, 5) is 40.5. The quantitative estimate of drug-likeness (QED) is 0.106. The first-order valence-corrected chi connectivity index (χ1v) is 16.3. The number of aromatic nitrogens is 1. The summed E-state index contributed by atoms with van der Waals surface area (Å²) in [5.41, 5.74) is 4.25. The molecule has 6 rings (SSSR count). The predicted octanol–water partition coefficient (Wildman–Crippen LogP) is 8.02. The molecule has 0 aliphatic carbocycles. The Balaban J connectivity index is 1.07. The van der Waals surface area contributed by atoms with Gasteiger partial charge in [-0.25, -0.2) is 0 Å². The standard InChI is InChI=1S/C36H30N4O3S2/c1-2-40-32-13-7-6-12-29(32)30-21-26(16-19-33(30)40)37-34(41)23-45-27-17-14-25(15-18-27)38-36(43)31(22-28-11-8-20-44-28)39-35(42)24-9-4-3-5-10-24/h3-22H,2,23H2,1H3,(H,37,41)(H,38,43)(H,39,42)/b31-22-. The highest BCUT2D eigenvalue weighted by atomic mass is 32.2. The zero-order chi connectivity index (χ0) is 31.2. The summed E-state index contributed by atoms with van der Waals surface area (Å²) < 4.78 is 2.28. The van der Waals surface area contributed by atoms with Crippen molar-refractivity contribution in [1.82, 2.24) is 9.88 Å². The fraction of sp³-hybridized carbons (Fsp3) is 0.0833. The van der Waals surface area contributed by atoms with Crippen molar-refractivity contribution >= 4 is 80.1 Å². The SMILES string of the molecule is CCn1c2ccccc2c2cc(NC(=O)CSc3ccc(NC(=O)/C(=C/c4cccs4)NC(=O)c4ccccc4)cc3)ccc21. The van der Waals surface area contributed by atoms with E-state index in [1.165, 1.54) is 34.0 Å². The van der Waals surface area contributed by atoms with E-state index in [0.29, 0.717) is 11.3 Å². The lowest BCUT2D eigenvalue weighted by molar-refractivity contribution is -0.114. The summed E-state index contributed by atoms with van der Waals surface area (Å²) in [5, 5.41) is 12.8. The van der Waals surface area contributed by atoms with Crippen molar-refractivity contribution in [2.24, 2.45) is 0 Å². The zero-order valence-corrected chi connectivity index (χ0v) is 26.1. The van der Waals surface area contributed by atoms with Gasteiger partial charge in [-0.2, -0.15) is 0 Å². The van der Waals surface area contributed by atoms with Crippen molar-refractivity contribution in [3.05, 3.63) is 131 Å². The fourth-order valence-electron chi connectivity index (χ4n) is 5.11. The lowest BCUT2D eigenvalue weighted by Gasteiger charge is -2.11. The molecule has 45 heavy (non-hydrogen) atoms. The summed E-state index contributed by atoms with van der Waals surface area (Å²) in [5.74, 6) is -0.675. The summed E-state index contributed by atoms with van der Waals surface area (Å²) in [6.07, 6.45) is 1.66. The third-order valence-electron chi connectivity index (χ3n) is 7.21. The number of thioether (sulfide) groups is 1. The lowest BCUT2D eigenvalue weighted by atomic mass is 10.1. The molecule has 224 valence electrons. The van der Waals surface area contributed by atoms with E-state index in [2.05, 4.69) is 45.6 Å². The summed E-state index contributed by atoms with van der Waals surface area (Å²) >= 11 is 2.87. The van der Waals surface area contributed by atoms with Gasteiger partial charge in [-0.1, -0.05) is 42.5 Å². The fourth-order valence-corrected chi connectivity index (χ4v) is 6.46. The molecule has 0 saturated carbocycles. The number of fused-ring (bicyclic) bond motifs is 3. The number of nitrogens with zero attached hydrogens (tertiary/aromatic N) is 1. The summed E-state index contributed by atoms with van der Waals surface area (Å²) in [6, 6.07) is 34.1. The number of hydrogen-bond donors (Lipinski definition) is 3. The Morgan fingerprint density at radius 1 is 0.778 bits per heavy atom. The first kappa shape index (κ1) is 29.9. The maximum Gasteiger partial charge on any atom is 0.272 e. The van der Waals surface area contributed by atoms with Crippen LogP contribution in [0.15, 0.2) is 125 Å². The minimum Gasteiger partial charge on any atom is -0.341 e. The van der Waals surface area contributed by atoms with Crippen LogP contribution in [0.1, 0.15) is 22.2 Å². The van der Waals surface area contributed by atoms with Crippen molar-refractivity contribution < 1.29 is 14.4 Å². The van der Waals surface area contributed by atoms with Gasteiger partial charge in [0.25, 0.3) is 11.8 Å². The van der Waals surface area contributed by atoms with Crippen LogP contribution in [-0.2, 0) is 16.1 Å². The van der Waals surface area contributed by atoms with E-state index < -0.39 is 5.91 Å². The number of carbonyl (C=O) groups excluding carboxylic acids is 3. The largest absolute Gasteiger partial charge is 0.341 e. The number of nitrogens with one attached hydrogen (secondary N) is 3. The molecule has 3 N–H and O–H groups in total. The van der Waals surface area contributed by atoms with E-state index in [1.54, 1.807) is 42.5 Å². The Morgan fingerprint density at radius 2 is 1.51 bits per heavy atom. The monoisotopic (exact) mass is 630 g/mol. The van der Waals surface area contributed by atoms with Crippen LogP contribution in [0.2, 0.25) is 0 Å². The Hall–Kier alpha value is -5.12. The maximum atomic E-state index is 13.2. The topological polar surface area (TPSA) is 92.2 Å². The molecule has 3 amide bonds. The van der Waals surface area contributed by atoms with Gasteiger partial charge in [-0.15, -0.1) is 23.1 Å². The molecule has 2 aromatic heterocycles. The number of hydrogen-bond acceptors (Lipinski definition) is 5. The molecule has 0 saturated heterocycles. The van der Waals surface area contributed by atoms with E-state index in [0.717, 1.165) is 32.9 Å². The highest BCUT2D eigenvalue weighted by Gasteiger charge is 2.16. The van der Waals surface area contributed by atoms with Gasteiger partial charge in [-0.3, -0.25) is 14.4 Å². The zero-order valence-electron chi connectivity index (χ0n) is 24.4. The molecule has 0 aliphatic rings. The number of thiophene rings is 1.